The molecule has 1 N–H and O–H groups in total. The molecule has 0 saturated heterocycles. The minimum Gasteiger partial charge on any atom is -0.349 e. The summed E-state index contributed by atoms with van der Waals surface area (Å²) in [4.78, 5) is 16.4. The third-order valence-electron chi connectivity index (χ3n) is 2.65. The van der Waals surface area contributed by atoms with E-state index in [9.17, 15) is 13.9 Å². The van der Waals surface area contributed by atoms with Gasteiger partial charge in [0.25, 0.3) is 0 Å². The van der Waals surface area contributed by atoms with Crippen molar-refractivity contribution in [1.29, 1.82) is 0 Å². The van der Waals surface area contributed by atoms with Gasteiger partial charge in [0, 0.05) is 18.7 Å². The Kier molecular flexibility index (Phi) is 12.5. The van der Waals surface area contributed by atoms with Crippen molar-refractivity contribution in [2.24, 2.45) is 5.41 Å². The predicted molar refractivity (Wildman–Crippen MR) is 124 cm³/mol. The summed E-state index contributed by atoms with van der Waals surface area (Å²) < 4.78 is 44.6. The molecule has 2 unspecified atom stereocenters. The van der Waals surface area contributed by atoms with E-state index >= 15 is 0 Å². The Balaban J connectivity index is 0. The molecule has 2 atom stereocenters. The van der Waals surface area contributed by atoms with Gasteiger partial charge in [-0.1, -0.05) is 20.8 Å². The van der Waals surface area contributed by atoms with Crippen molar-refractivity contribution in [3.8, 4) is 0 Å². The molecule has 1 amide bonds. The summed E-state index contributed by atoms with van der Waals surface area (Å²) in [5.41, 5.74) is 0.614. The average molecular weight is 490 g/mol. The van der Waals surface area contributed by atoms with E-state index in [0.717, 1.165) is 0 Å². The molecule has 0 saturated carbocycles. The van der Waals surface area contributed by atoms with E-state index in [1.807, 2.05) is 62.3 Å². The Labute approximate surface area is 189 Å². The van der Waals surface area contributed by atoms with E-state index in [1.54, 1.807) is 20.8 Å². The summed E-state index contributed by atoms with van der Waals surface area (Å²) in [7, 11) is -6.96. The van der Waals surface area contributed by atoms with Gasteiger partial charge in [-0.3, -0.25) is 23.3 Å². The Morgan fingerprint density at radius 2 is 1.19 bits per heavy atom. The van der Waals surface area contributed by atoms with Crippen LogP contribution in [0, 0.1) is 5.41 Å². The number of ether oxygens (including phenoxy) is 1. The zero-order valence-electron chi connectivity index (χ0n) is 21.9. The zero-order chi connectivity index (χ0) is 25.5. The summed E-state index contributed by atoms with van der Waals surface area (Å²) in [6.07, 6.45) is 0. The molecule has 0 aromatic carbocycles. The highest BCUT2D eigenvalue weighted by Crippen LogP contribution is 2.62. The van der Waals surface area contributed by atoms with Gasteiger partial charge in [-0.2, -0.15) is 0 Å². The lowest BCUT2D eigenvalue weighted by Gasteiger charge is -2.27. The van der Waals surface area contributed by atoms with Gasteiger partial charge >= 0.3 is 15.2 Å². The van der Waals surface area contributed by atoms with Crippen LogP contribution in [0.3, 0.4) is 0 Å². The second-order valence-corrected chi connectivity index (χ2v) is 15.4. The van der Waals surface area contributed by atoms with Crippen LogP contribution in [-0.2, 0) is 36.9 Å². The van der Waals surface area contributed by atoms with Gasteiger partial charge in [0.2, 0.25) is 5.91 Å². The molecule has 31 heavy (non-hydrogen) atoms. The van der Waals surface area contributed by atoms with E-state index in [-0.39, 0.29) is 18.3 Å². The molecular weight excluding hydrogens is 444 g/mol. The van der Waals surface area contributed by atoms with Gasteiger partial charge in [-0.25, -0.2) is 9.79 Å². The van der Waals surface area contributed by atoms with Crippen LogP contribution in [0.25, 0.3) is 0 Å². The first-order valence-corrected chi connectivity index (χ1v) is 14.1. The lowest BCUT2D eigenvalue weighted by Crippen LogP contribution is -2.39. The van der Waals surface area contributed by atoms with E-state index in [2.05, 4.69) is 5.48 Å². The average Bonchev–Trinajstić information content (AvgIpc) is 2.37. The largest absolute Gasteiger partial charge is 0.349 e. The van der Waals surface area contributed by atoms with Gasteiger partial charge in [-0.15, -0.1) is 0 Å². The van der Waals surface area contributed by atoms with Crippen molar-refractivity contribution in [2.75, 3.05) is 20.1 Å². The van der Waals surface area contributed by atoms with Crippen molar-refractivity contribution < 1.29 is 36.9 Å². The van der Waals surface area contributed by atoms with Gasteiger partial charge in [-0.05, 0) is 62.3 Å². The summed E-state index contributed by atoms with van der Waals surface area (Å²) >= 11 is 0. The van der Waals surface area contributed by atoms with Crippen LogP contribution >= 0.6 is 15.2 Å². The van der Waals surface area contributed by atoms with Crippen molar-refractivity contribution in [1.82, 2.24) is 5.48 Å². The molecule has 0 aliphatic carbocycles. The number of hydrogen-bond donors (Lipinski definition) is 1. The van der Waals surface area contributed by atoms with Crippen LogP contribution in [0.4, 0.5) is 0 Å². The first-order chi connectivity index (χ1) is 13.2. The SMILES string of the molecule is CC(C)(C)OCOP(C)(=O)OP(C)(=O)OC(C)(C)C.CC(C)(C)ONC(=O)C(C)(C)C. The molecule has 0 heterocycles. The molecule has 0 rings (SSSR count). The highest BCUT2D eigenvalue weighted by molar-refractivity contribution is 7.66. The summed E-state index contributed by atoms with van der Waals surface area (Å²) in [6, 6.07) is 0. The quantitative estimate of drug-likeness (QED) is 0.258. The number of hydroxylamine groups is 1. The molecular formula is C20H45NO8P2. The Morgan fingerprint density at radius 3 is 1.52 bits per heavy atom. The first kappa shape index (κ1) is 32.9. The van der Waals surface area contributed by atoms with Crippen molar-refractivity contribution >= 4 is 21.1 Å². The van der Waals surface area contributed by atoms with Crippen molar-refractivity contribution in [3.63, 3.8) is 0 Å². The molecule has 0 spiro atoms. The number of carbonyl (C=O) groups excluding carboxylic acids is 1. The number of nitrogens with one attached hydrogen (secondary N) is 1. The lowest BCUT2D eigenvalue weighted by molar-refractivity contribution is -0.153. The van der Waals surface area contributed by atoms with Crippen LogP contribution in [0.1, 0.15) is 83.1 Å². The molecule has 0 radical (unpaired) electrons. The highest BCUT2D eigenvalue weighted by Gasteiger charge is 2.33. The van der Waals surface area contributed by atoms with Gasteiger partial charge < -0.3 is 9.26 Å². The Hall–Kier alpha value is -0.270. The Morgan fingerprint density at radius 1 is 0.742 bits per heavy atom. The molecule has 0 aromatic heterocycles. The number of rotatable bonds is 7. The summed E-state index contributed by atoms with van der Waals surface area (Å²) in [5, 5.41) is 0. The normalized spacial score (nSPS) is 17.1. The first-order valence-electron chi connectivity index (χ1n) is 10.1. The van der Waals surface area contributed by atoms with Gasteiger partial charge in [0.05, 0.1) is 16.8 Å². The Bertz CT molecular complexity index is 652. The molecule has 0 aliphatic rings. The van der Waals surface area contributed by atoms with E-state index in [0.29, 0.717) is 0 Å². The minimum absolute atomic E-state index is 0.0996. The van der Waals surface area contributed by atoms with Crippen molar-refractivity contribution in [3.05, 3.63) is 0 Å². The zero-order valence-corrected chi connectivity index (χ0v) is 23.7. The third kappa shape index (κ3) is 22.7. The highest BCUT2D eigenvalue weighted by atomic mass is 31.3. The lowest BCUT2D eigenvalue weighted by atomic mass is 9.96. The second kappa shape index (κ2) is 11.7. The second-order valence-electron chi connectivity index (χ2n) is 11.2. The molecule has 0 aliphatic heterocycles. The third-order valence-corrected chi connectivity index (χ3v) is 6.47. The van der Waals surface area contributed by atoms with E-state index in [1.165, 1.54) is 13.3 Å². The van der Waals surface area contributed by atoms with Gasteiger partial charge in [0.1, 0.15) is 0 Å². The maximum Gasteiger partial charge on any atom is 0.336 e. The van der Waals surface area contributed by atoms with Crippen LogP contribution in [0.2, 0.25) is 0 Å². The monoisotopic (exact) mass is 489 g/mol. The van der Waals surface area contributed by atoms with E-state index in [4.69, 9.17) is 22.9 Å². The minimum atomic E-state index is -3.50. The topological polar surface area (TPSA) is 109 Å². The molecule has 188 valence electrons. The molecule has 9 nitrogen and oxygen atoms in total. The molecule has 0 fully saturated rings. The fourth-order valence-electron chi connectivity index (χ4n) is 1.46. The fourth-order valence-corrected chi connectivity index (χ4v) is 5.17. The maximum absolute atomic E-state index is 12.1. The van der Waals surface area contributed by atoms with Crippen molar-refractivity contribution in [2.45, 2.75) is 99.9 Å². The molecule has 0 bridgehead atoms. The number of carbonyl (C=O) groups is 1. The van der Waals surface area contributed by atoms with Gasteiger partial charge in [0.15, 0.2) is 6.79 Å². The number of amides is 1. The van der Waals surface area contributed by atoms with Crippen LogP contribution in [0.5, 0.6) is 0 Å². The fraction of sp³-hybridized carbons (Fsp3) is 0.950. The van der Waals surface area contributed by atoms with Crippen LogP contribution in [0.15, 0.2) is 0 Å². The standard InChI is InChI=1S/C11H26O6P2.C9H19NO2/c1-10(2,3)14-9-15-18(7,12)17-19(8,13)16-11(4,5)6;1-8(2,3)7(11)10-12-9(4,5)6/h9H2,1-8H3;1-6H3,(H,10,11). The van der Waals surface area contributed by atoms with Crippen LogP contribution < -0.4 is 5.48 Å². The summed E-state index contributed by atoms with van der Waals surface area (Å²) in [6.45, 7) is 24.2. The molecule has 0 aromatic rings. The van der Waals surface area contributed by atoms with Crippen LogP contribution in [-0.4, -0.2) is 42.8 Å². The number of hydrogen-bond acceptors (Lipinski definition) is 8. The molecule has 11 heteroatoms. The maximum atomic E-state index is 12.1. The predicted octanol–water partition coefficient (Wildman–Crippen LogP) is 6.13. The van der Waals surface area contributed by atoms with E-state index < -0.39 is 31.8 Å². The summed E-state index contributed by atoms with van der Waals surface area (Å²) in [5.74, 6) is -0.0996. The smallest absolute Gasteiger partial charge is 0.336 e.